The van der Waals surface area contributed by atoms with Crippen molar-refractivity contribution in [3.63, 3.8) is 0 Å². The number of ether oxygens (including phenoxy) is 1. The number of Topliss-reactive ketones (excluding diaryl/α,β-unsaturated/α-hetero) is 1. The standard InChI is InChI=1S/C14H27NO2/c1-7-8-14(6,15)11(16)10-9-12(2,3)17-13(10,4)5/h10H,7-9,15H2,1-6H3. The van der Waals surface area contributed by atoms with Crippen molar-refractivity contribution in [3.8, 4) is 0 Å². The molecule has 2 N–H and O–H groups in total. The van der Waals surface area contributed by atoms with E-state index in [1.807, 2.05) is 34.6 Å². The van der Waals surface area contributed by atoms with Crippen molar-refractivity contribution >= 4 is 5.78 Å². The van der Waals surface area contributed by atoms with Crippen molar-refractivity contribution in [2.75, 3.05) is 0 Å². The molecule has 0 aromatic carbocycles. The van der Waals surface area contributed by atoms with Crippen molar-refractivity contribution in [1.29, 1.82) is 0 Å². The summed E-state index contributed by atoms with van der Waals surface area (Å²) in [4.78, 5) is 12.6. The van der Waals surface area contributed by atoms with Gasteiger partial charge in [-0.25, -0.2) is 0 Å². The first-order valence-electron chi connectivity index (χ1n) is 6.55. The van der Waals surface area contributed by atoms with Gasteiger partial charge in [-0.1, -0.05) is 13.3 Å². The smallest absolute Gasteiger partial charge is 0.158 e. The molecular formula is C14H27NO2. The molecule has 1 heterocycles. The van der Waals surface area contributed by atoms with Gasteiger partial charge in [0.1, 0.15) is 0 Å². The van der Waals surface area contributed by atoms with E-state index in [-0.39, 0.29) is 17.3 Å². The number of hydrogen-bond donors (Lipinski definition) is 1. The lowest BCUT2D eigenvalue weighted by atomic mass is 9.76. The van der Waals surface area contributed by atoms with Crippen LogP contribution in [0.5, 0.6) is 0 Å². The lowest BCUT2D eigenvalue weighted by Gasteiger charge is -2.32. The largest absolute Gasteiger partial charge is 0.369 e. The van der Waals surface area contributed by atoms with Gasteiger partial charge in [0.2, 0.25) is 0 Å². The third kappa shape index (κ3) is 3.08. The zero-order valence-electron chi connectivity index (χ0n) is 12.1. The summed E-state index contributed by atoms with van der Waals surface area (Å²) in [6, 6.07) is 0. The van der Waals surface area contributed by atoms with Crippen molar-refractivity contribution in [2.45, 2.75) is 77.5 Å². The number of carbonyl (C=O) groups excluding carboxylic acids is 1. The van der Waals surface area contributed by atoms with Crippen LogP contribution in [0.1, 0.15) is 60.8 Å². The van der Waals surface area contributed by atoms with Gasteiger partial charge in [0.25, 0.3) is 0 Å². The summed E-state index contributed by atoms with van der Waals surface area (Å²) in [6.07, 6.45) is 2.42. The van der Waals surface area contributed by atoms with Crippen LogP contribution in [0.2, 0.25) is 0 Å². The van der Waals surface area contributed by atoms with Gasteiger partial charge < -0.3 is 10.5 Å². The predicted octanol–water partition coefficient (Wildman–Crippen LogP) is 2.67. The summed E-state index contributed by atoms with van der Waals surface area (Å²) in [6.45, 7) is 12.0. The Bertz CT molecular complexity index is 305. The Hall–Kier alpha value is -0.410. The van der Waals surface area contributed by atoms with E-state index in [0.29, 0.717) is 0 Å². The maximum atomic E-state index is 12.6. The zero-order chi connectivity index (χ0) is 13.5. The van der Waals surface area contributed by atoms with E-state index >= 15 is 0 Å². The summed E-state index contributed by atoms with van der Waals surface area (Å²) >= 11 is 0. The Morgan fingerprint density at radius 3 is 2.29 bits per heavy atom. The lowest BCUT2D eigenvalue weighted by molar-refractivity contribution is -0.134. The molecule has 0 bridgehead atoms. The van der Waals surface area contributed by atoms with Crippen LogP contribution in [-0.2, 0) is 9.53 Å². The molecule has 100 valence electrons. The highest BCUT2D eigenvalue weighted by Gasteiger charge is 2.52. The highest BCUT2D eigenvalue weighted by molar-refractivity contribution is 5.91. The van der Waals surface area contributed by atoms with E-state index < -0.39 is 11.1 Å². The van der Waals surface area contributed by atoms with Crippen molar-refractivity contribution in [1.82, 2.24) is 0 Å². The number of carbonyl (C=O) groups is 1. The minimum Gasteiger partial charge on any atom is -0.369 e. The zero-order valence-corrected chi connectivity index (χ0v) is 12.1. The molecule has 1 saturated heterocycles. The van der Waals surface area contributed by atoms with Gasteiger partial charge in [0, 0.05) is 0 Å². The Balaban J connectivity index is 2.90. The first-order valence-corrected chi connectivity index (χ1v) is 6.55. The summed E-state index contributed by atoms with van der Waals surface area (Å²) in [5.74, 6) is 0.0500. The van der Waals surface area contributed by atoms with E-state index in [1.165, 1.54) is 0 Å². The summed E-state index contributed by atoms with van der Waals surface area (Å²) < 4.78 is 5.97. The average Bonchev–Trinajstić information content (AvgIpc) is 2.32. The topological polar surface area (TPSA) is 52.3 Å². The van der Waals surface area contributed by atoms with Gasteiger partial charge in [-0.15, -0.1) is 0 Å². The fourth-order valence-electron chi connectivity index (χ4n) is 3.01. The molecule has 0 spiro atoms. The monoisotopic (exact) mass is 241 g/mol. The van der Waals surface area contributed by atoms with Crippen LogP contribution in [0.25, 0.3) is 0 Å². The second-order valence-corrected chi connectivity index (χ2v) is 6.75. The molecule has 3 nitrogen and oxygen atoms in total. The maximum absolute atomic E-state index is 12.6. The molecule has 2 atom stereocenters. The number of ketones is 1. The molecule has 0 amide bonds. The lowest BCUT2D eigenvalue weighted by Crippen LogP contribution is -2.51. The minimum absolute atomic E-state index is 0.0981. The Morgan fingerprint density at radius 2 is 1.94 bits per heavy atom. The van der Waals surface area contributed by atoms with Crippen LogP contribution in [0, 0.1) is 5.92 Å². The molecule has 3 heteroatoms. The molecule has 0 aromatic rings. The minimum atomic E-state index is -0.722. The van der Waals surface area contributed by atoms with Crippen LogP contribution in [-0.4, -0.2) is 22.5 Å². The molecule has 0 aromatic heterocycles. The van der Waals surface area contributed by atoms with E-state index in [4.69, 9.17) is 10.5 Å². The van der Waals surface area contributed by atoms with Crippen molar-refractivity contribution in [2.24, 2.45) is 11.7 Å². The van der Waals surface area contributed by atoms with Gasteiger partial charge in [-0.05, 0) is 47.5 Å². The third-order valence-electron chi connectivity index (χ3n) is 3.72. The summed E-state index contributed by atoms with van der Waals surface area (Å²) in [7, 11) is 0. The number of hydrogen-bond acceptors (Lipinski definition) is 3. The van der Waals surface area contributed by atoms with Crippen molar-refractivity contribution < 1.29 is 9.53 Å². The number of nitrogens with two attached hydrogens (primary N) is 1. The first kappa shape index (κ1) is 14.7. The Labute approximate surface area is 105 Å². The number of rotatable bonds is 4. The molecule has 17 heavy (non-hydrogen) atoms. The second kappa shape index (κ2) is 4.36. The Kier molecular flexibility index (Phi) is 3.76. The highest BCUT2D eigenvalue weighted by atomic mass is 16.5. The second-order valence-electron chi connectivity index (χ2n) is 6.75. The Morgan fingerprint density at radius 1 is 1.41 bits per heavy atom. The third-order valence-corrected chi connectivity index (χ3v) is 3.72. The summed E-state index contributed by atoms with van der Waals surface area (Å²) in [5.41, 5.74) is 4.80. The molecule has 0 saturated carbocycles. The van der Waals surface area contributed by atoms with Gasteiger partial charge in [-0.2, -0.15) is 0 Å². The molecule has 2 unspecified atom stereocenters. The normalized spacial score (nSPS) is 29.9. The van der Waals surface area contributed by atoms with Gasteiger partial charge in [0.15, 0.2) is 5.78 Å². The van der Waals surface area contributed by atoms with Gasteiger partial charge in [0.05, 0.1) is 22.7 Å². The van der Waals surface area contributed by atoms with Crippen LogP contribution >= 0.6 is 0 Å². The fourth-order valence-corrected chi connectivity index (χ4v) is 3.01. The molecule has 0 aliphatic carbocycles. The van der Waals surface area contributed by atoms with Crippen LogP contribution in [0.3, 0.4) is 0 Å². The van der Waals surface area contributed by atoms with Gasteiger partial charge >= 0.3 is 0 Å². The SMILES string of the molecule is CCCC(C)(N)C(=O)C1CC(C)(C)OC1(C)C. The van der Waals surface area contributed by atoms with E-state index in [2.05, 4.69) is 6.92 Å². The van der Waals surface area contributed by atoms with Crippen LogP contribution < -0.4 is 5.73 Å². The molecule has 1 rings (SSSR count). The molecule has 1 aliphatic heterocycles. The molecule has 1 aliphatic rings. The first-order chi connectivity index (χ1) is 7.52. The fraction of sp³-hybridized carbons (Fsp3) is 0.929. The molecule has 1 fully saturated rings. The van der Waals surface area contributed by atoms with Gasteiger partial charge in [-0.3, -0.25) is 4.79 Å². The van der Waals surface area contributed by atoms with E-state index in [0.717, 1.165) is 19.3 Å². The highest BCUT2D eigenvalue weighted by Crippen LogP contribution is 2.43. The van der Waals surface area contributed by atoms with Crippen LogP contribution in [0.15, 0.2) is 0 Å². The van der Waals surface area contributed by atoms with Crippen molar-refractivity contribution in [3.05, 3.63) is 0 Å². The average molecular weight is 241 g/mol. The molecule has 0 radical (unpaired) electrons. The maximum Gasteiger partial charge on any atom is 0.158 e. The summed E-state index contributed by atoms with van der Waals surface area (Å²) in [5, 5.41) is 0. The van der Waals surface area contributed by atoms with Crippen LogP contribution in [0.4, 0.5) is 0 Å². The van der Waals surface area contributed by atoms with E-state index in [1.54, 1.807) is 0 Å². The predicted molar refractivity (Wildman–Crippen MR) is 69.9 cm³/mol. The quantitative estimate of drug-likeness (QED) is 0.823. The molecular weight excluding hydrogens is 214 g/mol. The van der Waals surface area contributed by atoms with E-state index in [9.17, 15) is 4.79 Å².